The molecule has 1 atom stereocenters. The SMILES string of the molecule is NCCC(=O)N1CCCC(CNC(N)=O)C1. The van der Waals surface area contributed by atoms with E-state index in [1.54, 1.807) is 0 Å². The van der Waals surface area contributed by atoms with E-state index in [4.69, 9.17) is 11.5 Å². The number of nitrogens with two attached hydrogens (primary N) is 2. The number of carbonyl (C=O) groups excluding carboxylic acids is 2. The van der Waals surface area contributed by atoms with E-state index in [1.165, 1.54) is 0 Å². The Morgan fingerprint density at radius 1 is 1.44 bits per heavy atom. The van der Waals surface area contributed by atoms with Gasteiger partial charge in [-0.3, -0.25) is 4.79 Å². The molecule has 16 heavy (non-hydrogen) atoms. The minimum absolute atomic E-state index is 0.103. The van der Waals surface area contributed by atoms with E-state index in [0.717, 1.165) is 19.4 Å². The van der Waals surface area contributed by atoms with Gasteiger partial charge in [-0.15, -0.1) is 0 Å². The van der Waals surface area contributed by atoms with Gasteiger partial charge in [0.1, 0.15) is 0 Å². The predicted octanol–water partition coefficient (Wildman–Crippen LogP) is -0.758. The highest BCUT2D eigenvalue weighted by atomic mass is 16.2. The number of amides is 3. The molecule has 0 aromatic heterocycles. The summed E-state index contributed by atoms with van der Waals surface area (Å²) in [6.07, 6.45) is 2.39. The smallest absolute Gasteiger partial charge is 0.312 e. The van der Waals surface area contributed by atoms with Crippen molar-refractivity contribution in [1.82, 2.24) is 10.2 Å². The molecular formula is C10H20N4O2. The van der Waals surface area contributed by atoms with Gasteiger partial charge in [-0.2, -0.15) is 0 Å². The molecular weight excluding hydrogens is 208 g/mol. The van der Waals surface area contributed by atoms with Gasteiger partial charge in [-0.1, -0.05) is 0 Å². The van der Waals surface area contributed by atoms with Crippen molar-refractivity contribution >= 4 is 11.9 Å². The molecule has 0 aromatic rings. The highest BCUT2D eigenvalue weighted by molar-refractivity contribution is 5.76. The lowest BCUT2D eigenvalue weighted by Gasteiger charge is -2.32. The van der Waals surface area contributed by atoms with E-state index in [2.05, 4.69) is 5.32 Å². The lowest BCUT2D eigenvalue weighted by atomic mass is 9.98. The Hall–Kier alpha value is -1.30. The molecule has 92 valence electrons. The van der Waals surface area contributed by atoms with E-state index in [9.17, 15) is 9.59 Å². The van der Waals surface area contributed by atoms with Crippen LogP contribution in [0.15, 0.2) is 0 Å². The van der Waals surface area contributed by atoms with E-state index in [-0.39, 0.29) is 5.91 Å². The summed E-state index contributed by atoms with van der Waals surface area (Å²) in [6, 6.07) is -0.509. The maximum Gasteiger partial charge on any atom is 0.312 e. The Morgan fingerprint density at radius 3 is 2.81 bits per heavy atom. The average molecular weight is 228 g/mol. The van der Waals surface area contributed by atoms with Crippen LogP contribution in [0.3, 0.4) is 0 Å². The molecule has 5 N–H and O–H groups in total. The Balaban J connectivity index is 2.34. The quantitative estimate of drug-likeness (QED) is 0.589. The number of nitrogens with zero attached hydrogens (tertiary/aromatic N) is 1. The number of piperidine rings is 1. The van der Waals surface area contributed by atoms with Gasteiger partial charge in [0.2, 0.25) is 5.91 Å². The van der Waals surface area contributed by atoms with Gasteiger partial charge in [0.15, 0.2) is 0 Å². The van der Waals surface area contributed by atoms with Crippen molar-refractivity contribution < 1.29 is 9.59 Å². The van der Waals surface area contributed by atoms with E-state index in [0.29, 0.717) is 32.0 Å². The van der Waals surface area contributed by atoms with Crippen molar-refractivity contribution in [3.05, 3.63) is 0 Å². The second-order valence-electron chi connectivity index (χ2n) is 4.13. The lowest BCUT2D eigenvalue weighted by molar-refractivity contribution is -0.132. The summed E-state index contributed by atoms with van der Waals surface area (Å²) in [5.74, 6) is 0.411. The Kier molecular flexibility index (Phi) is 5.04. The number of hydrogen-bond donors (Lipinski definition) is 3. The molecule has 1 saturated heterocycles. The van der Waals surface area contributed by atoms with Crippen LogP contribution in [0.4, 0.5) is 4.79 Å². The maximum absolute atomic E-state index is 11.6. The standard InChI is InChI=1S/C10H20N4O2/c11-4-3-9(15)14-5-1-2-8(7-14)6-13-10(12)16/h8H,1-7,11H2,(H3,12,13,16). The van der Waals surface area contributed by atoms with Gasteiger partial charge in [-0.05, 0) is 18.8 Å². The number of urea groups is 1. The number of nitrogens with one attached hydrogen (secondary N) is 1. The molecule has 1 aliphatic rings. The molecule has 1 fully saturated rings. The summed E-state index contributed by atoms with van der Waals surface area (Å²) in [7, 11) is 0. The van der Waals surface area contributed by atoms with Gasteiger partial charge in [0.05, 0.1) is 0 Å². The third-order valence-corrected chi connectivity index (χ3v) is 2.79. The average Bonchev–Trinajstić information content (AvgIpc) is 2.27. The zero-order valence-corrected chi connectivity index (χ0v) is 9.45. The maximum atomic E-state index is 11.6. The van der Waals surface area contributed by atoms with Crippen molar-refractivity contribution in [1.29, 1.82) is 0 Å². The third-order valence-electron chi connectivity index (χ3n) is 2.79. The number of primary amides is 1. The molecule has 1 heterocycles. The first kappa shape index (κ1) is 12.8. The molecule has 3 amide bonds. The predicted molar refractivity (Wildman–Crippen MR) is 60.6 cm³/mol. The number of rotatable bonds is 4. The van der Waals surface area contributed by atoms with Gasteiger partial charge < -0.3 is 21.7 Å². The number of hydrogen-bond acceptors (Lipinski definition) is 3. The fourth-order valence-corrected chi connectivity index (χ4v) is 1.98. The molecule has 0 spiro atoms. The lowest BCUT2D eigenvalue weighted by Crippen LogP contribution is -2.44. The summed E-state index contributed by atoms with van der Waals surface area (Å²) < 4.78 is 0. The summed E-state index contributed by atoms with van der Waals surface area (Å²) in [5, 5.41) is 2.58. The van der Waals surface area contributed by atoms with Crippen molar-refractivity contribution in [2.24, 2.45) is 17.4 Å². The summed E-state index contributed by atoms with van der Waals surface area (Å²) >= 11 is 0. The Morgan fingerprint density at radius 2 is 2.19 bits per heavy atom. The topological polar surface area (TPSA) is 101 Å². The van der Waals surface area contributed by atoms with Crippen LogP contribution in [0.5, 0.6) is 0 Å². The molecule has 0 saturated carbocycles. The van der Waals surface area contributed by atoms with Gasteiger partial charge >= 0.3 is 6.03 Å². The Bertz CT molecular complexity index is 257. The first-order chi connectivity index (χ1) is 7.63. The molecule has 0 radical (unpaired) electrons. The van der Waals surface area contributed by atoms with Crippen LogP contribution in [0.25, 0.3) is 0 Å². The molecule has 0 bridgehead atoms. The Labute approximate surface area is 95.3 Å². The van der Waals surface area contributed by atoms with Crippen LogP contribution in [0, 0.1) is 5.92 Å². The minimum Gasteiger partial charge on any atom is -0.352 e. The molecule has 6 nitrogen and oxygen atoms in total. The normalized spacial score (nSPS) is 20.6. The first-order valence-electron chi connectivity index (χ1n) is 5.64. The number of carbonyl (C=O) groups is 2. The van der Waals surface area contributed by atoms with E-state index in [1.807, 2.05) is 4.90 Å². The van der Waals surface area contributed by atoms with Crippen LogP contribution in [0.2, 0.25) is 0 Å². The zero-order valence-electron chi connectivity index (χ0n) is 9.45. The zero-order chi connectivity index (χ0) is 12.0. The van der Waals surface area contributed by atoms with Gasteiger partial charge in [0, 0.05) is 32.6 Å². The fraction of sp³-hybridized carbons (Fsp3) is 0.800. The van der Waals surface area contributed by atoms with Gasteiger partial charge in [-0.25, -0.2) is 4.79 Å². The van der Waals surface area contributed by atoms with Crippen molar-refractivity contribution in [3.63, 3.8) is 0 Å². The van der Waals surface area contributed by atoms with Crippen LogP contribution in [0.1, 0.15) is 19.3 Å². The van der Waals surface area contributed by atoms with Crippen LogP contribution in [-0.2, 0) is 4.79 Å². The second-order valence-corrected chi connectivity index (χ2v) is 4.13. The third kappa shape index (κ3) is 4.06. The van der Waals surface area contributed by atoms with Crippen LogP contribution in [-0.4, -0.2) is 43.0 Å². The van der Waals surface area contributed by atoms with Crippen LogP contribution < -0.4 is 16.8 Å². The molecule has 1 rings (SSSR count). The van der Waals surface area contributed by atoms with Crippen molar-refractivity contribution in [2.75, 3.05) is 26.2 Å². The van der Waals surface area contributed by atoms with Crippen LogP contribution >= 0.6 is 0 Å². The molecule has 1 aliphatic heterocycles. The first-order valence-corrected chi connectivity index (χ1v) is 5.64. The monoisotopic (exact) mass is 228 g/mol. The minimum atomic E-state index is -0.509. The molecule has 1 unspecified atom stereocenters. The summed E-state index contributed by atoms with van der Waals surface area (Å²) in [4.78, 5) is 24.0. The summed E-state index contributed by atoms with van der Waals surface area (Å²) in [5.41, 5.74) is 10.4. The second kappa shape index (κ2) is 6.32. The molecule has 0 aromatic carbocycles. The largest absolute Gasteiger partial charge is 0.352 e. The highest BCUT2D eigenvalue weighted by Crippen LogP contribution is 2.16. The molecule has 6 heteroatoms. The molecule has 0 aliphatic carbocycles. The fourth-order valence-electron chi connectivity index (χ4n) is 1.98. The van der Waals surface area contributed by atoms with Crippen molar-refractivity contribution in [2.45, 2.75) is 19.3 Å². The highest BCUT2D eigenvalue weighted by Gasteiger charge is 2.22. The van der Waals surface area contributed by atoms with E-state index < -0.39 is 6.03 Å². The van der Waals surface area contributed by atoms with Crippen molar-refractivity contribution in [3.8, 4) is 0 Å². The van der Waals surface area contributed by atoms with E-state index >= 15 is 0 Å². The summed E-state index contributed by atoms with van der Waals surface area (Å²) in [6.45, 7) is 2.42. The van der Waals surface area contributed by atoms with Gasteiger partial charge in [0.25, 0.3) is 0 Å². The number of likely N-dealkylation sites (tertiary alicyclic amines) is 1.